The van der Waals surface area contributed by atoms with Crippen LogP contribution in [0.1, 0.15) is 27.1 Å². The van der Waals surface area contributed by atoms with E-state index in [0.29, 0.717) is 27.5 Å². The summed E-state index contributed by atoms with van der Waals surface area (Å²) in [5.74, 6) is -0.588. The van der Waals surface area contributed by atoms with Crippen molar-refractivity contribution in [3.8, 4) is 0 Å². The summed E-state index contributed by atoms with van der Waals surface area (Å²) in [5.41, 5.74) is 3.06. The van der Waals surface area contributed by atoms with Gasteiger partial charge in [0, 0.05) is 41.6 Å². The molecule has 0 atom stereocenters. The summed E-state index contributed by atoms with van der Waals surface area (Å²) in [7, 11) is 2.14. The van der Waals surface area contributed by atoms with E-state index in [1.165, 1.54) is 0 Å². The van der Waals surface area contributed by atoms with Crippen LogP contribution in [0.25, 0.3) is 0 Å². The van der Waals surface area contributed by atoms with Gasteiger partial charge in [-0.3, -0.25) is 9.59 Å². The molecular formula is C26H28Cl2N4O2. The first-order chi connectivity index (χ1) is 16.0. The molecule has 0 spiro atoms. The van der Waals surface area contributed by atoms with E-state index in [1.54, 1.807) is 48.5 Å². The summed E-state index contributed by atoms with van der Waals surface area (Å²) in [6, 6.07) is 21.5. The van der Waals surface area contributed by atoms with Gasteiger partial charge in [0.1, 0.15) is 0 Å². The predicted molar refractivity (Wildman–Crippen MR) is 142 cm³/mol. The number of carbonyl (C=O) groups excluding carboxylic acids is 2. The van der Waals surface area contributed by atoms with Gasteiger partial charge in [-0.2, -0.15) is 0 Å². The van der Waals surface area contributed by atoms with Gasteiger partial charge in [0.05, 0.1) is 11.3 Å². The van der Waals surface area contributed by atoms with Crippen LogP contribution in [0.5, 0.6) is 0 Å². The van der Waals surface area contributed by atoms with Crippen LogP contribution in [0.15, 0.2) is 72.8 Å². The third-order valence-electron chi connectivity index (χ3n) is 5.72. The molecule has 34 heavy (non-hydrogen) atoms. The Morgan fingerprint density at radius 2 is 1.59 bits per heavy atom. The average molecular weight is 499 g/mol. The molecule has 0 saturated carbocycles. The smallest absolute Gasteiger partial charge is 0.257 e. The highest BCUT2D eigenvalue weighted by Crippen LogP contribution is 2.22. The lowest BCUT2D eigenvalue weighted by molar-refractivity contribution is 0.102. The van der Waals surface area contributed by atoms with Crippen molar-refractivity contribution >= 4 is 52.9 Å². The fraction of sp³-hybridized carbons (Fsp3) is 0.231. The number of benzene rings is 3. The van der Waals surface area contributed by atoms with Crippen molar-refractivity contribution in [3.05, 3.63) is 88.9 Å². The molecule has 1 heterocycles. The molecule has 3 aromatic rings. The minimum absolute atomic E-state index is 0. The lowest BCUT2D eigenvalue weighted by Crippen LogP contribution is -2.28. The summed E-state index contributed by atoms with van der Waals surface area (Å²) in [6.45, 7) is 4.10. The minimum Gasteiger partial charge on any atom is -0.370 e. The molecule has 0 radical (unpaired) electrons. The number of amides is 2. The molecule has 1 aliphatic heterocycles. The number of carbonyl (C=O) groups is 2. The maximum absolute atomic E-state index is 12.9. The monoisotopic (exact) mass is 498 g/mol. The van der Waals surface area contributed by atoms with Crippen LogP contribution < -0.4 is 15.5 Å². The Morgan fingerprint density at radius 3 is 2.35 bits per heavy atom. The van der Waals surface area contributed by atoms with Gasteiger partial charge in [0.15, 0.2) is 0 Å². The van der Waals surface area contributed by atoms with Crippen molar-refractivity contribution < 1.29 is 9.59 Å². The molecule has 2 N–H and O–H groups in total. The topological polar surface area (TPSA) is 64.7 Å². The third-order valence-corrected chi connectivity index (χ3v) is 5.95. The normalized spacial score (nSPS) is 14.0. The molecule has 0 bridgehead atoms. The Labute approximate surface area is 211 Å². The number of halogens is 2. The molecule has 4 rings (SSSR count). The lowest BCUT2D eigenvalue weighted by Gasteiger charge is -2.23. The van der Waals surface area contributed by atoms with Crippen LogP contribution in [0.3, 0.4) is 0 Å². The number of rotatable bonds is 5. The number of likely N-dealkylation sites (N-methyl/N-ethyl adjacent to an activating group) is 1. The van der Waals surface area contributed by atoms with Crippen molar-refractivity contribution in [1.82, 2.24) is 4.90 Å². The quantitative estimate of drug-likeness (QED) is 0.493. The van der Waals surface area contributed by atoms with E-state index in [4.69, 9.17) is 11.6 Å². The predicted octanol–water partition coefficient (Wildman–Crippen LogP) is 5.41. The average Bonchev–Trinajstić information content (AvgIpc) is 3.04. The van der Waals surface area contributed by atoms with Crippen LogP contribution in [0, 0.1) is 0 Å². The Hall–Kier alpha value is -3.06. The van der Waals surface area contributed by atoms with E-state index in [-0.39, 0.29) is 24.2 Å². The van der Waals surface area contributed by atoms with Gasteiger partial charge in [-0.25, -0.2) is 0 Å². The Morgan fingerprint density at radius 1 is 0.824 bits per heavy atom. The molecule has 0 aliphatic carbocycles. The summed E-state index contributed by atoms with van der Waals surface area (Å²) < 4.78 is 0. The second kappa shape index (κ2) is 11.9. The van der Waals surface area contributed by atoms with Gasteiger partial charge in [-0.1, -0.05) is 29.8 Å². The summed E-state index contributed by atoms with van der Waals surface area (Å²) in [5, 5.41) is 6.23. The summed E-state index contributed by atoms with van der Waals surface area (Å²) >= 11 is 6.00. The molecule has 1 saturated heterocycles. The Bertz CT molecular complexity index is 1140. The summed E-state index contributed by atoms with van der Waals surface area (Å²) in [4.78, 5) is 30.4. The van der Waals surface area contributed by atoms with Gasteiger partial charge in [-0.15, -0.1) is 12.4 Å². The zero-order valence-electron chi connectivity index (χ0n) is 19.0. The van der Waals surface area contributed by atoms with E-state index >= 15 is 0 Å². The molecule has 0 aromatic heterocycles. The van der Waals surface area contributed by atoms with E-state index in [2.05, 4.69) is 27.5 Å². The number of para-hydroxylation sites is 1. The first-order valence-electron chi connectivity index (χ1n) is 11.0. The molecule has 178 valence electrons. The van der Waals surface area contributed by atoms with Crippen molar-refractivity contribution in [1.29, 1.82) is 0 Å². The van der Waals surface area contributed by atoms with Crippen LogP contribution in [0.2, 0.25) is 5.02 Å². The second-order valence-electron chi connectivity index (χ2n) is 8.15. The zero-order chi connectivity index (χ0) is 23.2. The number of hydrogen-bond acceptors (Lipinski definition) is 4. The fourth-order valence-corrected chi connectivity index (χ4v) is 4.07. The molecule has 8 heteroatoms. The summed E-state index contributed by atoms with van der Waals surface area (Å²) in [6.07, 6.45) is 1.12. The number of anilines is 3. The number of hydrogen-bond donors (Lipinski definition) is 2. The highest BCUT2D eigenvalue weighted by molar-refractivity contribution is 6.31. The van der Waals surface area contributed by atoms with Gasteiger partial charge in [-0.05, 0) is 74.6 Å². The van der Waals surface area contributed by atoms with Crippen molar-refractivity contribution in [3.63, 3.8) is 0 Å². The Balaban J connectivity index is 0.00000324. The highest BCUT2D eigenvalue weighted by Gasteiger charge is 2.16. The Kier molecular flexibility index (Phi) is 8.93. The van der Waals surface area contributed by atoms with Crippen molar-refractivity contribution in [2.45, 2.75) is 6.42 Å². The fourth-order valence-electron chi connectivity index (χ4n) is 3.88. The SMILES string of the molecule is CN1CCCN(c2ccc(C(=O)Nc3ccccc3C(=O)Nc3cccc(Cl)c3)cc2)CC1.Cl. The molecule has 1 aliphatic rings. The highest BCUT2D eigenvalue weighted by atomic mass is 35.5. The zero-order valence-corrected chi connectivity index (χ0v) is 20.5. The lowest BCUT2D eigenvalue weighted by atomic mass is 10.1. The van der Waals surface area contributed by atoms with E-state index in [0.717, 1.165) is 38.3 Å². The maximum atomic E-state index is 12.9. The first kappa shape index (κ1) is 25.6. The third kappa shape index (κ3) is 6.50. The molecule has 3 aromatic carbocycles. The van der Waals surface area contributed by atoms with Crippen LogP contribution in [-0.2, 0) is 0 Å². The van der Waals surface area contributed by atoms with Gasteiger partial charge in [0.25, 0.3) is 11.8 Å². The largest absolute Gasteiger partial charge is 0.370 e. The van der Waals surface area contributed by atoms with E-state index in [1.807, 2.05) is 24.3 Å². The van der Waals surface area contributed by atoms with Crippen molar-refractivity contribution in [2.24, 2.45) is 0 Å². The molecule has 0 unspecified atom stereocenters. The molecular weight excluding hydrogens is 471 g/mol. The standard InChI is InChI=1S/C26H27ClN4O2.ClH/c1-30-14-5-15-31(17-16-30)22-12-10-19(11-13-22)25(32)29-24-9-3-2-8-23(24)26(33)28-21-7-4-6-20(27)18-21;/h2-4,6-13,18H,5,14-17H2,1H3,(H,28,33)(H,29,32);1H. The van der Waals surface area contributed by atoms with Gasteiger partial charge < -0.3 is 20.4 Å². The van der Waals surface area contributed by atoms with Crippen molar-refractivity contribution in [2.75, 3.05) is 48.8 Å². The number of nitrogens with one attached hydrogen (secondary N) is 2. The minimum atomic E-state index is -0.324. The molecule has 1 fully saturated rings. The van der Waals surface area contributed by atoms with E-state index < -0.39 is 0 Å². The van der Waals surface area contributed by atoms with Gasteiger partial charge in [0.2, 0.25) is 0 Å². The second-order valence-corrected chi connectivity index (χ2v) is 8.59. The maximum Gasteiger partial charge on any atom is 0.257 e. The van der Waals surface area contributed by atoms with E-state index in [9.17, 15) is 9.59 Å². The van der Waals surface area contributed by atoms with Crippen LogP contribution in [0.4, 0.5) is 17.1 Å². The first-order valence-corrected chi connectivity index (χ1v) is 11.4. The molecule has 2 amide bonds. The molecule has 6 nitrogen and oxygen atoms in total. The van der Waals surface area contributed by atoms with Crippen LogP contribution >= 0.6 is 24.0 Å². The van der Waals surface area contributed by atoms with Gasteiger partial charge >= 0.3 is 0 Å². The number of nitrogens with zero attached hydrogens (tertiary/aromatic N) is 2. The van der Waals surface area contributed by atoms with Crippen LogP contribution in [-0.4, -0.2) is 49.9 Å².